The van der Waals surface area contributed by atoms with Crippen molar-refractivity contribution in [2.24, 2.45) is 5.10 Å². The summed E-state index contributed by atoms with van der Waals surface area (Å²) >= 11 is 6.02. The van der Waals surface area contributed by atoms with Gasteiger partial charge in [-0.05, 0) is 43.7 Å². The van der Waals surface area contributed by atoms with Gasteiger partial charge in [-0.3, -0.25) is 19.2 Å². The molecule has 3 rings (SSSR count). The second-order valence-corrected chi connectivity index (χ2v) is 9.64. The van der Waals surface area contributed by atoms with Crippen molar-refractivity contribution >= 4 is 45.1 Å². The van der Waals surface area contributed by atoms with Crippen molar-refractivity contribution in [1.29, 1.82) is 0 Å². The van der Waals surface area contributed by atoms with Gasteiger partial charge in [-0.25, -0.2) is 13.8 Å². The fourth-order valence-corrected chi connectivity index (χ4v) is 4.72. The summed E-state index contributed by atoms with van der Waals surface area (Å²) in [6.45, 7) is 3.04. The third kappa shape index (κ3) is 5.77. The summed E-state index contributed by atoms with van der Waals surface area (Å²) in [6, 6.07) is 16.9. The summed E-state index contributed by atoms with van der Waals surface area (Å²) in [5, 5.41) is 14.9. The molecular formula is C23H21ClN4O5S. The number of anilines is 1. The molecule has 0 saturated carbocycles. The molecule has 0 saturated heterocycles. The van der Waals surface area contributed by atoms with Crippen LogP contribution in [0.5, 0.6) is 0 Å². The molecule has 9 nitrogen and oxygen atoms in total. The highest BCUT2D eigenvalue weighted by Crippen LogP contribution is 2.27. The molecule has 176 valence electrons. The molecule has 1 amide bonds. The zero-order chi connectivity index (χ0) is 24.9. The first-order valence-electron chi connectivity index (χ1n) is 10.0. The minimum absolute atomic E-state index is 0.0426. The van der Waals surface area contributed by atoms with E-state index < -0.39 is 27.4 Å². The van der Waals surface area contributed by atoms with E-state index in [1.165, 1.54) is 30.3 Å². The number of amides is 1. The van der Waals surface area contributed by atoms with Crippen molar-refractivity contribution in [1.82, 2.24) is 5.43 Å². The molecule has 0 atom stereocenters. The van der Waals surface area contributed by atoms with Crippen LogP contribution in [-0.4, -0.2) is 32.0 Å². The minimum atomic E-state index is -4.06. The number of halogens is 1. The normalized spacial score (nSPS) is 11.4. The van der Waals surface area contributed by atoms with Gasteiger partial charge in [0.05, 0.1) is 21.7 Å². The predicted molar refractivity (Wildman–Crippen MR) is 131 cm³/mol. The number of non-ortho nitro benzene ring substituents is 1. The number of rotatable bonds is 8. The number of nitro groups is 1. The van der Waals surface area contributed by atoms with E-state index in [9.17, 15) is 23.3 Å². The number of sulfonamides is 1. The summed E-state index contributed by atoms with van der Waals surface area (Å²) < 4.78 is 27.8. The van der Waals surface area contributed by atoms with Gasteiger partial charge >= 0.3 is 0 Å². The van der Waals surface area contributed by atoms with E-state index in [0.717, 1.165) is 16.1 Å². The number of hydrogen-bond donors (Lipinski definition) is 1. The maximum Gasteiger partial charge on any atom is 0.270 e. The van der Waals surface area contributed by atoms with Crippen molar-refractivity contribution in [3.63, 3.8) is 0 Å². The Morgan fingerprint density at radius 1 is 1.12 bits per heavy atom. The third-order valence-corrected chi connectivity index (χ3v) is 6.98. The van der Waals surface area contributed by atoms with Crippen LogP contribution in [0.4, 0.5) is 11.4 Å². The van der Waals surface area contributed by atoms with Crippen molar-refractivity contribution in [2.75, 3.05) is 10.8 Å². The molecule has 34 heavy (non-hydrogen) atoms. The molecule has 0 unspecified atom stereocenters. The van der Waals surface area contributed by atoms with Gasteiger partial charge in [-0.2, -0.15) is 5.10 Å². The Bertz CT molecular complexity index is 1360. The van der Waals surface area contributed by atoms with E-state index >= 15 is 0 Å². The fourth-order valence-electron chi connectivity index (χ4n) is 3.06. The molecule has 0 aliphatic heterocycles. The largest absolute Gasteiger partial charge is 0.271 e. The van der Waals surface area contributed by atoms with Gasteiger partial charge in [0, 0.05) is 22.7 Å². The molecular weight excluding hydrogens is 480 g/mol. The molecule has 0 bridgehead atoms. The molecule has 3 aromatic rings. The van der Waals surface area contributed by atoms with Gasteiger partial charge in [0.1, 0.15) is 6.54 Å². The van der Waals surface area contributed by atoms with Gasteiger partial charge in [-0.1, -0.05) is 47.5 Å². The summed E-state index contributed by atoms with van der Waals surface area (Å²) in [7, 11) is -4.06. The maximum absolute atomic E-state index is 13.4. The number of aryl methyl sites for hydroxylation is 2. The van der Waals surface area contributed by atoms with E-state index in [4.69, 9.17) is 11.6 Å². The first kappa shape index (κ1) is 24.9. The lowest BCUT2D eigenvalue weighted by molar-refractivity contribution is -0.384. The number of hydrazone groups is 1. The molecule has 0 radical (unpaired) electrons. The van der Waals surface area contributed by atoms with Crippen molar-refractivity contribution in [3.8, 4) is 0 Å². The number of nitrogens with zero attached hydrogens (tertiary/aromatic N) is 3. The Labute approximate surface area is 201 Å². The lowest BCUT2D eigenvalue weighted by Crippen LogP contribution is -2.40. The first-order chi connectivity index (χ1) is 16.1. The van der Waals surface area contributed by atoms with Crippen LogP contribution in [-0.2, 0) is 14.8 Å². The van der Waals surface area contributed by atoms with Gasteiger partial charge in [0.15, 0.2) is 0 Å². The lowest BCUT2D eigenvalue weighted by Gasteiger charge is -2.25. The Morgan fingerprint density at radius 3 is 2.44 bits per heavy atom. The van der Waals surface area contributed by atoms with Gasteiger partial charge in [0.2, 0.25) is 0 Å². The van der Waals surface area contributed by atoms with Crippen molar-refractivity contribution < 1.29 is 18.1 Å². The second kappa shape index (κ2) is 10.4. The number of carbonyl (C=O) groups is 1. The summed E-state index contributed by atoms with van der Waals surface area (Å²) in [5.41, 5.74) is 4.20. The molecule has 0 aliphatic rings. The van der Waals surface area contributed by atoms with Crippen LogP contribution in [0.15, 0.2) is 76.7 Å². The lowest BCUT2D eigenvalue weighted by atomic mass is 10.2. The van der Waals surface area contributed by atoms with Crippen LogP contribution < -0.4 is 9.73 Å². The van der Waals surface area contributed by atoms with E-state index in [0.29, 0.717) is 11.3 Å². The Kier molecular flexibility index (Phi) is 7.64. The standard InChI is InChI=1S/C23H21ClN4O5S/c1-16-7-10-20(11-8-16)34(32,33)27(22-6-4-3-5-17(22)2)15-23(29)26-25-14-18-13-19(28(30)31)9-12-21(18)24/h3-14H,15H2,1-2H3,(H,26,29)/b25-14-. The van der Waals surface area contributed by atoms with E-state index in [1.54, 1.807) is 43.3 Å². The Balaban J connectivity index is 1.86. The van der Waals surface area contributed by atoms with Gasteiger partial charge in [0.25, 0.3) is 21.6 Å². The fraction of sp³-hybridized carbons (Fsp3) is 0.130. The zero-order valence-corrected chi connectivity index (χ0v) is 19.9. The van der Waals surface area contributed by atoms with Crippen LogP contribution in [0.25, 0.3) is 0 Å². The molecule has 0 aromatic heterocycles. The topological polar surface area (TPSA) is 122 Å². The molecule has 11 heteroatoms. The Hall–Kier alpha value is -3.76. The van der Waals surface area contributed by atoms with Crippen LogP contribution >= 0.6 is 11.6 Å². The smallest absolute Gasteiger partial charge is 0.270 e. The van der Waals surface area contributed by atoms with E-state index in [-0.39, 0.29) is 21.2 Å². The first-order valence-corrected chi connectivity index (χ1v) is 11.8. The second-order valence-electron chi connectivity index (χ2n) is 7.37. The number of hydrogen-bond acceptors (Lipinski definition) is 6. The summed E-state index contributed by atoms with van der Waals surface area (Å²) in [4.78, 5) is 23.1. The average molecular weight is 501 g/mol. The SMILES string of the molecule is Cc1ccc(S(=O)(=O)N(CC(=O)N/N=C\c2cc([N+](=O)[O-])ccc2Cl)c2ccccc2C)cc1. The van der Waals surface area contributed by atoms with Gasteiger partial charge < -0.3 is 0 Å². The predicted octanol–water partition coefficient (Wildman–Crippen LogP) is 4.21. The molecule has 0 aliphatic carbocycles. The average Bonchev–Trinajstić information content (AvgIpc) is 2.79. The molecule has 0 heterocycles. The highest BCUT2D eigenvalue weighted by atomic mass is 35.5. The summed E-state index contributed by atoms with van der Waals surface area (Å²) in [5.74, 6) is -0.711. The van der Waals surface area contributed by atoms with Crippen LogP contribution in [0.2, 0.25) is 5.02 Å². The zero-order valence-electron chi connectivity index (χ0n) is 18.3. The highest BCUT2D eigenvalue weighted by Gasteiger charge is 2.28. The molecule has 3 aromatic carbocycles. The Morgan fingerprint density at radius 2 is 1.79 bits per heavy atom. The number of nitro benzene ring substituents is 1. The number of carbonyl (C=O) groups excluding carboxylic acids is 1. The third-order valence-electron chi connectivity index (χ3n) is 4.86. The van der Waals surface area contributed by atoms with Crippen molar-refractivity contribution in [2.45, 2.75) is 18.7 Å². The minimum Gasteiger partial charge on any atom is -0.271 e. The summed E-state index contributed by atoms with van der Waals surface area (Å²) in [6.07, 6.45) is 1.15. The van der Waals surface area contributed by atoms with Crippen LogP contribution in [0, 0.1) is 24.0 Å². The van der Waals surface area contributed by atoms with E-state index in [2.05, 4.69) is 10.5 Å². The van der Waals surface area contributed by atoms with Gasteiger partial charge in [-0.15, -0.1) is 0 Å². The van der Waals surface area contributed by atoms with Crippen LogP contribution in [0.3, 0.4) is 0 Å². The van der Waals surface area contributed by atoms with Crippen molar-refractivity contribution in [3.05, 3.63) is 98.6 Å². The molecule has 1 N–H and O–H groups in total. The highest BCUT2D eigenvalue weighted by molar-refractivity contribution is 7.92. The molecule has 0 spiro atoms. The number of nitrogens with one attached hydrogen (secondary N) is 1. The number of para-hydroxylation sites is 1. The van der Waals surface area contributed by atoms with Crippen LogP contribution in [0.1, 0.15) is 16.7 Å². The van der Waals surface area contributed by atoms with E-state index in [1.807, 2.05) is 6.92 Å². The quantitative estimate of drug-likeness (QED) is 0.282. The number of benzene rings is 3. The maximum atomic E-state index is 13.4. The molecule has 0 fully saturated rings. The monoisotopic (exact) mass is 500 g/mol.